The van der Waals surface area contributed by atoms with Crippen LogP contribution in [-0.4, -0.2) is 31.2 Å². The van der Waals surface area contributed by atoms with Crippen LogP contribution in [0.4, 0.5) is 5.95 Å². The molecule has 22 heavy (non-hydrogen) atoms. The highest BCUT2D eigenvalue weighted by Crippen LogP contribution is 2.15. The average Bonchev–Trinajstić information content (AvgIpc) is 2.89. The second kappa shape index (κ2) is 8.10. The molecule has 0 bridgehead atoms. The lowest BCUT2D eigenvalue weighted by molar-refractivity contribution is 0.0977. The summed E-state index contributed by atoms with van der Waals surface area (Å²) < 4.78 is 1.83. The Morgan fingerprint density at radius 2 is 2.18 bits per heavy atom. The standard InChI is InChI=1S/C12H12I2N6OS/c1-2-5-20-18-11(17-19-20)16-12(22)15-10(21)8-6-7(13)3-4-9(8)14/h3-4,6H,2,5H2,1H3,(H2,15,16,18,21,22). The van der Waals surface area contributed by atoms with E-state index in [1.165, 1.54) is 4.80 Å². The molecule has 0 atom stereocenters. The predicted molar refractivity (Wildman–Crippen MR) is 104 cm³/mol. The maximum absolute atomic E-state index is 12.2. The number of tetrazole rings is 1. The van der Waals surface area contributed by atoms with Gasteiger partial charge in [-0.15, -0.1) is 5.10 Å². The molecule has 0 aliphatic rings. The lowest BCUT2D eigenvalue weighted by atomic mass is 10.2. The molecule has 0 saturated heterocycles. The maximum atomic E-state index is 12.2. The number of carbonyl (C=O) groups is 1. The van der Waals surface area contributed by atoms with Crippen molar-refractivity contribution in [2.75, 3.05) is 5.32 Å². The highest BCUT2D eigenvalue weighted by Gasteiger charge is 2.13. The van der Waals surface area contributed by atoms with Crippen molar-refractivity contribution in [3.63, 3.8) is 0 Å². The van der Waals surface area contributed by atoms with Gasteiger partial charge in [0, 0.05) is 7.14 Å². The van der Waals surface area contributed by atoms with Crippen LogP contribution in [0.25, 0.3) is 0 Å². The molecule has 10 heteroatoms. The molecule has 0 saturated carbocycles. The SMILES string of the molecule is CCCn1nnc(NC(=S)NC(=O)c2cc(I)ccc2I)n1. The van der Waals surface area contributed by atoms with E-state index in [-0.39, 0.29) is 17.0 Å². The Morgan fingerprint density at radius 1 is 1.41 bits per heavy atom. The number of hydrogen-bond acceptors (Lipinski definition) is 5. The van der Waals surface area contributed by atoms with E-state index in [0.717, 1.165) is 13.6 Å². The van der Waals surface area contributed by atoms with Gasteiger partial charge in [0.1, 0.15) is 0 Å². The highest BCUT2D eigenvalue weighted by molar-refractivity contribution is 14.1. The molecule has 2 N–H and O–H groups in total. The summed E-state index contributed by atoms with van der Waals surface area (Å²) in [5.41, 5.74) is 0.569. The topological polar surface area (TPSA) is 84.7 Å². The van der Waals surface area contributed by atoms with E-state index in [1.54, 1.807) is 6.07 Å². The normalized spacial score (nSPS) is 10.3. The van der Waals surface area contributed by atoms with E-state index in [4.69, 9.17) is 12.2 Å². The van der Waals surface area contributed by atoms with Gasteiger partial charge < -0.3 is 0 Å². The number of aromatic nitrogens is 4. The van der Waals surface area contributed by atoms with Crippen LogP contribution in [0.15, 0.2) is 18.2 Å². The zero-order chi connectivity index (χ0) is 16.1. The first-order chi connectivity index (χ1) is 10.5. The Morgan fingerprint density at radius 3 is 2.91 bits per heavy atom. The number of carbonyl (C=O) groups excluding carboxylic acids is 1. The minimum atomic E-state index is -0.277. The van der Waals surface area contributed by atoms with E-state index in [1.807, 2.05) is 19.1 Å². The van der Waals surface area contributed by atoms with Gasteiger partial charge in [-0.3, -0.25) is 15.4 Å². The van der Waals surface area contributed by atoms with Crippen LogP contribution < -0.4 is 10.6 Å². The number of anilines is 1. The van der Waals surface area contributed by atoms with Crippen molar-refractivity contribution in [2.24, 2.45) is 0 Å². The van der Waals surface area contributed by atoms with Crippen LogP contribution in [-0.2, 0) is 6.54 Å². The molecule has 0 fully saturated rings. The number of rotatable bonds is 4. The third kappa shape index (κ3) is 4.81. The van der Waals surface area contributed by atoms with Crippen molar-refractivity contribution in [1.29, 1.82) is 0 Å². The van der Waals surface area contributed by atoms with Gasteiger partial charge in [0.2, 0.25) is 0 Å². The second-order valence-electron chi connectivity index (χ2n) is 4.24. The third-order valence-electron chi connectivity index (χ3n) is 2.50. The fourth-order valence-corrected chi connectivity index (χ4v) is 2.82. The Kier molecular flexibility index (Phi) is 6.43. The second-order valence-corrected chi connectivity index (χ2v) is 7.06. The molecule has 0 spiro atoms. The molecule has 0 unspecified atom stereocenters. The summed E-state index contributed by atoms with van der Waals surface area (Å²) in [5, 5.41) is 17.3. The minimum absolute atomic E-state index is 0.135. The van der Waals surface area contributed by atoms with Crippen LogP contribution in [0.1, 0.15) is 23.7 Å². The summed E-state index contributed by atoms with van der Waals surface area (Å²) in [6, 6.07) is 5.62. The van der Waals surface area contributed by atoms with E-state index in [0.29, 0.717) is 12.1 Å². The number of aryl methyl sites for hydroxylation is 1. The van der Waals surface area contributed by atoms with E-state index in [9.17, 15) is 4.79 Å². The van der Waals surface area contributed by atoms with Crippen molar-refractivity contribution < 1.29 is 4.79 Å². The first kappa shape index (κ1) is 17.5. The molecule has 7 nitrogen and oxygen atoms in total. The number of amides is 1. The molecule has 116 valence electrons. The largest absolute Gasteiger partial charge is 0.299 e. The Labute approximate surface area is 159 Å². The van der Waals surface area contributed by atoms with Crippen molar-refractivity contribution in [3.8, 4) is 0 Å². The summed E-state index contributed by atoms with van der Waals surface area (Å²) in [5.74, 6) is -0.0162. The highest BCUT2D eigenvalue weighted by atomic mass is 127. The first-order valence-electron chi connectivity index (χ1n) is 6.34. The molecule has 0 aliphatic carbocycles. The fourth-order valence-electron chi connectivity index (χ4n) is 1.56. The number of benzene rings is 1. The minimum Gasteiger partial charge on any atom is -0.299 e. The van der Waals surface area contributed by atoms with Crippen molar-refractivity contribution in [1.82, 2.24) is 25.5 Å². The van der Waals surface area contributed by atoms with Crippen LogP contribution >= 0.6 is 57.4 Å². The molecular formula is C12H12I2N6OS. The van der Waals surface area contributed by atoms with Gasteiger partial charge in [0.25, 0.3) is 11.9 Å². The van der Waals surface area contributed by atoms with E-state index in [2.05, 4.69) is 71.2 Å². The van der Waals surface area contributed by atoms with E-state index < -0.39 is 0 Å². The number of hydrogen-bond donors (Lipinski definition) is 2. The molecule has 1 aromatic heterocycles. The third-order valence-corrected chi connectivity index (χ3v) is 4.32. The summed E-state index contributed by atoms with van der Waals surface area (Å²) in [6.45, 7) is 2.69. The van der Waals surface area contributed by atoms with Gasteiger partial charge in [-0.25, -0.2) is 0 Å². The van der Waals surface area contributed by atoms with Gasteiger partial charge in [0.05, 0.1) is 12.1 Å². The zero-order valence-electron chi connectivity index (χ0n) is 11.5. The fraction of sp³-hybridized carbons (Fsp3) is 0.250. The Balaban J connectivity index is 1.98. The first-order valence-corrected chi connectivity index (χ1v) is 8.91. The average molecular weight is 542 g/mol. The number of halogens is 2. The number of nitrogens with one attached hydrogen (secondary N) is 2. The van der Waals surface area contributed by atoms with Gasteiger partial charge in [-0.05, 0) is 87.2 Å². The smallest absolute Gasteiger partial charge is 0.269 e. The number of nitrogens with zero attached hydrogens (tertiary/aromatic N) is 4. The summed E-state index contributed by atoms with van der Waals surface area (Å²) >= 11 is 9.36. The molecule has 0 radical (unpaired) electrons. The molecule has 1 amide bonds. The lowest BCUT2D eigenvalue weighted by Gasteiger charge is -2.08. The van der Waals surface area contributed by atoms with Gasteiger partial charge in [-0.1, -0.05) is 12.0 Å². The van der Waals surface area contributed by atoms with Crippen LogP contribution in [0.2, 0.25) is 0 Å². The molecular weight excluding hydrogens is 530 g/mol. The van der Waals surface area contributed by atoms with E-state index >= 15 is 0 Å². The Bertz CT molecular complexity index is 705. The molecule has 2 aromatic rings. The monoisotopic (exact) mass is 542 g/mol. The zero-order valence-corrected chi connectivity index (χ0v) is 16.6. The van der Waals surface area contributed by atoms with Gasteiger partial charge in [0.15, 0.2) is 5.11 Å². The summed E-state index contributed by atoms with van der Waals surface area (Å²) in [4.78, 5) is 13.7. The predicted octanol–water partition coefficient (Wildman–Crippen LogP) is 2.42. The molecule has 1 aromatic carbocycles. The molecule has 0 aliphatic heterocycles. The van der Waals surface area contributed by atoms with Gasteiger partial charge in [-0.2, -0.15) is 4.80 Å². The van der Waals surface area contributed by atoms with Gasteiger partial charge >= 0.3 is 0 Å². The van der Waals surface area contributed by atoms with Crippen LogP contribution in [0, 0.1) is 7.14 Å². The summed E-state index contributed by atoms with van der Waals surface area (Å²) in [7, 11) is 0. The quantitative estimate of drug-likeness (QED) is 0.457. The van der Waals surface area contributed by atoms with Crippen molar-refractivity contribution >= 4 is 74.4 Å². The number of thiocarbonyl (C=S) groups is 1. The maximum Gasteiger partial charge on any atom is 0.269 e. The molecule has 2 rings (SSSR count). The molecule has 1 heterocycles. The Hall–Kier alpha value is -0.890. The van der Waals surface area contributed by atoms with Crippen LogP contribution in [0.5, 0.6) is 0 Å². The lowest BCUT2D eigenvalue weighted by Crippen LogP contribution is -2.35. The van der Waals surface area contributed by atoms with Crippen molar-refractivity contribution in [2.45, 2.75) is 19.9 Å². The summed E-state index contributed by atoms with van der Waals surface area (Å²) in [6.07, 6.45) is 0.905. The van der Waals surface area contributed by atoms with Crippen LogP contribution in [0.3, 0.4) is 0 Å². The van der Waals surface area contributed by atoms with Crippen molar-refractivity contribution in [3.05, 3.63) is 30.9 Å².